The standard InChI is InChI=1S/C13H15N3O4/c1-8(17)11-9(5-4-6-10(11)19-2)16-7-14-12(15-16)13(18)20-3/h4-8,17H,1-3H3/t8-/m0/s1. The van der Waals surface area contributed by atoms with Crippen LogP contribution in [0.25, 0.3) is 5.69 Å². The summed E-state index contributed by atoms with van der Waals surface area (Å²) in [5.41, 5.74) is 1.15. The molecule has 1 heterocycles. The molecule has 2 rings (SSSR count). The van der Waals surface area contributed by atoms with E-state index in [1.54, 1.807) is 25.1 Å². The molecule has 106 valence electrons. The highest BCUT2D eigenvalue weighted by molar-refractivity contribution is 5.84. The Balaban J connectivity index is 2.52. The second-order valence-electron chi connectivity index (χ2n) is 4.07. The number of carbonyl (C=O) groups excluding carboxylic acids is 1. The number of ether oxygens (including phenoxy) is 2. The number of nitrogens with zero attached hydrogens (tertiary/aromatic N) is 3. The Hall–Kier alpha value is -2.41. The van der Waals surface area contributed by atoms with Gasteiger partial charge in [0, 0.05) is 5.56 Å². The molecule has 0 aliphatic rings. The van der Waals surface area contributed by atoms with Crippen LogP contribution in [-0.2, 0) is 4.74 Å². The summed E-state index contributed by atoms with van der Waals surface area (Å²) >= 11 is 0. The largest absolute Gasteiger partial charge is 0.496 e. The molecule has 2 aromatic rings. The zero-order valence-corrected chi connectivity index (χ0v) is 11.4. The number of aliphatic hydroxyl groups excluding tert-OH is 1. The van der Waals surface area contributed by atoms with Gasteiger partial charge in [-0.3, -0.25) is 0 Å². The molecule has 7 heteroatoms. The van der Waals surface area contributed by atoms with E-state index in [1.165, 1.54) is 25.2 Å². The van der Waals surface area contributed by atoms with E-state index in [0.717, 1.165) is 0 Å². The minimum absolute atomic E-state index is 0.0492. The lowest BCUT2D eigenvalue weighted by Gasteiger charge is -2.15. The summed E-state index contributed by atoms with van der Waals surface area (Å²) in [7, 11) is 2.78. The fraction of sp³-hybridized carbons (Fsp3) is 0.308. The van der Waals surface area contributed by atoms with Crippen LogP contribution in [0.15, 0.2) is 24.5 Å². The maximum atomic E-state index is 11.4. The van der Waals surface area contributed by atoms with Gasteiger partial charge in [-0.15, -0.1) is 5.10 Å². The van der Waals surface area contributed by atoms with Crippen LogP contribution in [0.3, 0.4) is 0 Å². The van der Waals surface area contributed by atoms with Gasteiger partial charge in [0.1, 0.15) is 12.1 Å². The first-order chi connectivity index (χ1) is 9.58. The predicted molar refractivity (Wildman–Crippen MR) is 69.9 cm³/mol. The first-order valence-corrected chi connectivity index (χ1v) is 5.93. The lowest BCUT2D eigenvalue weighted by molar-refractivity contribution is 0.0587. The molecule has 7 nitrogen and oxygen atoms in total. The highest BCUT2D eigenvalue weighted by atomic mass is 16.5. The average Bonchev–Trinajstić information content (AvgIpc) is 2.95. The number of carbonyl (C=O) groups is 1. The molecular weight excluding hydrogens is 262 g/mol. The number of aromatic nitrogens is 3. The van der Waals surface area contributed by atoms with Crippen molar-refractivity contribution < 1.29 is 19.4 Å². The molecule has 1 atom stereocenters. The second-order valence-corrected chi connectivity index (χ2v) is 4.07. The molecule has 1 aromatic carbocycles. The minimum atomic E-state index is -0.757. The van der Waals surface area contributed by atoms with Crippen LogP contribution >= 0.6 is 0 Å². The van der Waals surface area contributed by atoms with E-state index in [4.69, 9.17) is 4.74 Å². The molecule has 1 N–H and O–H groups in total. The fourth-order valence-corrected chi connectivity index (χ4v) is 1.89. The van der Waals surface area contributed by atoms with E-state index in [2.05, 4.69) is 14.8 Å². The third-order valence-electron chi connectivity index (χ3n) is 2.79. The van der Waals surface area contributed by atoms with Gasteiger partial charge in [-0.2, -0.15) is 0 Å². The molecule has 0 aliphatic carbocycles. The third kappa shape index (κ3) is 2.48. The molecule has 20 heavy (non-hydrogen) atoms. The molecule has 0 radical (unpaired) electrons. The zero-order valence-electron chi connectivity index (χ0n) is 11.4. The second kappa shape index (κ2) is 5.70. The number of rotatable bonds is 4. The van der Waals surface area contributed by atoms with Crippen molar-refractivity contribution in [2.75, 3.05) is 14.2 Å². The Bertz CT molecular complexity index is 622. The van der Waals surface area contributed by atoms with E-state index in [9.17, 15) is 9.90 Å². The van der Waals surface area contributed by atoms with Crippen molar-refractivity contribution in [1.82, 2.24) is 14.8 Å². The molecule has 0 amide bonds. The monoisotopic (exact) mass is 277 g/mol. The molecule has 0 saturated carbocycles. The maximum Gasteiger partial charge on any atom is 0.377 e. The quantitative estimate of drug-likeness (QED) is 0.843. The molecule has 0 spiro atoms. The Morgan fingerprint density at radius 3 is 2.75 bits per heavy atom. The van der Waals surface area contributed by atoms with Crippen LogP contribution in [0.5, 0.6) is 5.75 Å². The minimum Gasteiger partial charge on any atom is -0.496 e. The van der Waals surface area contributed by atoms with Gasteiger partial charge in [0.05, 0.1) is 26.0 Å². The van der Waals surface area contributed by atoms with Crippen molar-refractivity contribution in [2.45, 2.75) is 13.0 Å². The van der Waals surface area contributed by atoms with Gasteiger partial charge in [-0.25, -0.2) is 14.5 Å². The molecule has 0 unspecified atom stereocenters. The van der Waals surface area contributed by atoms with Gasteiger partial charge in [0.25, 0.3) is 5.82 Å². The van der Waals surface area contributed by atoms with Gasteiger partial charge in [-0.05, 0) is 19.1 Å². The number of benzene rings is 1. The van der Waals surface area contributed by atoms with Gasteiger partial charge < -0.3 is 14.6 Å². The van der Waals surface area contributed by atoms with Crippen molar-refractivity contribution in [3.05, 3.63) is 35.9 Å². The fourth-order valence-electron chi connectivity index (χ4n) is 1.89. The zero-order chi connectivity index (χ0) is 14.7. The predicted octanol–water partition coefficient (Wildman–Crippen LogP) is 1.12. The Morgan fingerprint density at radius 1 is 1.40 bits per heavy atom. The Kier molecular flexibility index (Phi) is 3.99. The van der Waals surface area contributed by atoms with Crippen molar-refractivity contribution >= 4 is 5.97 Å². The number of hydrogen-bond donors (Lipinski definition) is 1. The molecule has 1 aromatic heterocycles. The topological polar surface area (TPSA) is 86.5 Å². The van der Waals surface area contributed by atoms with Gasteiger partial charge in [-0.1, -0.05) is 6.07 Å². The summed E-state index contributed by atoms with van der Waals surface area (Å²) in [6.07, 6.45) is 0.624. The average molecular weight is 277 g/mol. The van der Waals surface area contributed by atoms with E-state index in [-0.39, 0.29) is 5.82 Å². The number of hydrogen-bond acceptors (Lipinski definition) is 6. The van der Waals surface area contributed by atoms with Crippen LogP contribution in [-0.4, -0.2) is 40.1 Å². The first kappa shape index (κ1) is 14.0. The maximum absolute atomic E-state index is 11.4. The Morgan fingerprint density at radius 2 is 2.15 bits per heavy atom. The molecule has 0 aliphatic heterocycles. The number of methoxy groups -OCH3 is 2. The highest BCUT2D eigenvalue weighted by Crippen LogP contribution is 2.30. The normalized spacial score (nSPS) is 12.0. The van der Waals surface area contributed by atoms with Crippen molar-refractivity contribution in [1.29, 1.82) is 0 Å². The lowest BCUT2D eigenvalue weighted by Crippen LogP contribution is -2.08. The third-order valence-corrected chi connectivity index (χ3v) is 2.79. The number of aliphatic hydroxyl groups is 1. The van der Waals surface area contributed by atoms with Crippen molar-refractivity contribution in [2.24, 2.45) is 0 Å². The summed E-state index contributed by atoms with van der Waals surface area (Å²) in [5.74, 6) is -0.135. The smallest absolute Gasteiger partial charge is 0.377 e. The van der Waals surface area contributed by atoms with Crippen LogP contribution in [0.1, 0.15) is 29.2 Å². The summed E-state index contributed by atoms with van der Waals surface area (Å²) in [6.45, 7) is 1.62. The lowest BCUT2D eigenvalue weighted by atomic mass is 10.1. The van der Waals surface area contributed by atoms with Crippen molar-refractivity contribution in [3.8, 4) is 11.4 Å². The van der Waals surface area contributed by atoms with Gasteiger partial charge in [0.15, 0.2) is 0 Å². The van der Waals surface area contributed by atoms with Crippen molar-refractivity contribution in [3.63, 3.8) is 0 Å². The SMILES string of the molecule is COC(=O)c1ncn(-c2cccc(OC)c2[C@H](C)O)n1. The van der Waals surface area contributed by atoms with Gasteiger partial charge >= 0.3 is 5.97 Å². The summed E-state index contributed by atoms with van der Waals surface area (Å²) in [6, 6.07) is 5.25. The number of esters is 1. The summed E-state index contributed by atoms with van der Waals surface area (Å²) in [5, 5.41) is 13.9. The summed E-state index contributed by atoms with van der Waals surface area (Å²) < 4.78 is 11.2. The molecular formula is C13H15N3O4. The summed E-state index contributed by atoms with van der Waals surface area (Å²) in [4.78, 5) is 15.2. The van der Waals surface area contributed by atoms with Crippen LogP contribution in [0.2, 0.25) is 0 Å². The van der Waals surface area contributed by atoms with Crippen LogP contribution in [0, 0.1) is 0 Å². The van der Waals surface area contributed by atoms with E-state index >= 15 is 0 Å². The molecule has 0 bridgehead atoms. The first-order valence-electron chi connectivity index (χ1n) is 5.93. The molecule has 0 saturated heterocycles. The van der Waals surface area contributed by atoms with E-state index < -0.39 is 12.1 Å². The van der Waals surface area contributed by atoms with Gasteiger partial charge in [0.2, 0.25) is 0 Å². The van der Waals surface area contributed by atoms with Crippen LogP contribution < -0.4 is 4.74 Å². The van der Waals surface area contributed by atoms with E-state index in [1.807, 2.05) is 0 Å². The van der Waals surface area contributed by atoms with Crippen LogP contribution in [0.4, 0.5) is 0 Å². The highest BCUT2D eigenvalue weighted by Gasteiger charge is 2.18. The van der Waals surface area contributed by atoms with E-state index in [0.29, 0.717) is 17.0 Å². The molecule has 0 fully saturated rings. The Labute approximate surface area is 115 Å².